The molecule has 0 bridgehead atoms. The van der Waals surface area contributed by atoms with E-state index in [2.05, 4.69) is 74.5 Å². The van der Waals surface area contributed by atoms with Gasteiger partial charge in [-0.05, 0) is 35.3 Å². The molecular weight excluding hydrogens is 312 g/mol. The summed E-state index contributed by atoms with van der Waals surface area (Å²) in [5.41, 5.74) is 2.43. The van der Waals surface area contributed by atoms with Crippen LogP contribution in [0.4, 0.5) is 0 Å². The first-order chi connectivity index (χ1) is 11.3. The Balaban J connectivity index is 2.06. The van der Waals surface area contributed by atoms with Crippen LogP contribution in [0.15, 0.2) is 54.9 Å². The van der Waals surface area contributed by atoms with Crippen molar-refractivity contribution in [3.8, 4) is 0 Å². The molecule has 2 rings (SSSR count). The maximum Gasteiger partial charge on any atom is 0.192 e. The second-order valence-electron chi connectivity index (χ2n) is 7.77. The highest BCUT2D eigenvalue weighted by molar-refractivity contribution is 6.74. The second kappa shape index (κ2) is 8.06. The molecule has 0 spiro atoms. The molecule has 0 radical (unpaired) electrons. The molecule has 0 aliphatic rings. The van der Waals surface area contributed by atoms with E-state index in [0.717, 1.165) is 18.7 Å². The van der Waals surface area contributed by atoms with Crippen molar-refractivity contribution >= 4 is 8.32 Å². The van der Waals surface area contributed by atoms with Gasteiger partial charge in [0, 0.05) is 25.5 Å². The van der Waals surface area contributed by atoms with Crippen LogP contribution in [0.3, 0.4) is 0 Å². The largest absolute Gasteiger partial charge is 0.409 e. The lowest BCUT2D eigenvalue weighted by atomic mass is 10.1. The summed E-state index contributed by atoms with van der Waals surface area (Å²) in [6.07, 6.45) is 3.76. The van der Waals surface area contributed by atoms with Crippen molar-refractivity contribution in [3.05, 3.63) is 66.0 Å². The molecule has 0 aliphatic carbocycles. The molecule has 3 nitrogen and oxygen atoms in total. The molecule has 2 aromatic rings. The van der Waals surface area contributed by atoms with Crippen molar-refractivity contribution < 1.29 is 4.43 Å². The van der Waals surface area contributed by atoms with E-state index in [1.165, 1.54) is 5.56 Å². The lowest BCUT2D eigenvalue weighted by molar-refractivity contribution is 0.179. The normalized spacial score (nSPS) is 13.7. The first-order valence-corrected chi connectivity index (χ1v) is 11.5. The third kappa shape index (κ3) is 5.26. The number of rotatable bonds is 7. The maximum absolute atomic E-state index is 6.66. The van der Waals surface area contributed by atoms with Crippen molar-refractivity contribution in [1.29, 1.82) is 0 Å². The van der Waals surface area contributed by atoms with Gasteiger partial charge in [0.1, 0.15) is 0 Å². The summed E-state index contributed by atoms with van der Waals surface area (Å²) >= 11 is 0. The fraction of sp³-hybridized carbons (Fsp3) is 0.450. The third-order valence-electron chi connectivity index (χ3n) is 4.80. The number of pyridine rings is 1. The number of nitrogens with one attached hydrogen (secondary N) is 1. The zero-order valence-corrected chi connectivity index (χ0v) is 16.5. The van der Waals surface area contributed by atoms with Crippen molar-refractivity contribution in [2.75, 3.05) is 6.54 Å². The Bertz CT molecular complexity index is 609. The molecule has 0 fully saturated rings. The Hall–Kier alpha value is -1.49. The van der Waals surface area contributed by atoms with Gasteiger partial charge in [-0.3, -0.25) is 4.98 Å². The summed E-state index contributed by atoms with van der Waals surface area (Å²) in [6, 6.07) is 14.6. The van der Waals surface area contributed by atoms with Crippen molar-refractivity contribution in [2.45, 2.75) is 51.6 Å². The number of aromatic nitrogens is 1. The summed E-state index contributed by atoms with van der Waals surface area (Å²) in [4.78, 5) is 4.27. The van der Waals surface area contributed by atoms with Crippen LogP contribution in [0.5, 0.6) is 0 Å². The molecule has 0 saturated carbocycles. The van der Waals surface area contributed by atoms with Gasteiger partial charge in [-0.15, -0.1) is 0 Å². The van der Waals surface area contributed by atoms with Gasteiger partial charge in [0.2, 0.25) is 0 Å². The highest BCUT2D eigenvalue weighted by Gasteiger charge is 2.39. The SMILES string of the molecule is CC(C)(C)[Si](C)(C)OC(CNCc1ccccc1)c1cccnc1. The van der Waals surface area contributed by atoms with Crippen LogP contribution in [0.1, 0.15) is 38.0 Å². The molecule has 1 heterocycles. The smallest absolute Gasteiger partial charge is 0.192 e. The molecule has 1 N–H and O–H groups in total. The third-order valence-corrected chi connectivity index (χ3v) is 9.29. The summed E-state index contributed by atoms with van der Waals surface area (Å²) in [6.45, 7) is 13.1. The second-order valence-corrected chi connectivity index (χ2v) is 12.5. The molecule has 0 saturated heterocycles. The topological polar surface area (TPSA) is 34.1 Å². The molecule has 24 heavy (non-hydrogen) atoms. The van der Waals surface area contributed by atoms with E-state index in [1.54, 1.807) is 0 Å². The fourth-order valence-electron chi connectivity index (χ4n) is 2.27. The average Bonchev–Trinajstić information content (AvgIpc) is 2.54. The van der Waals surface area contributed by atoms with Gasteiger partial charge in [0.25, 0.3) is 0 Å². The van der Waals surface area contributed by atoms with E-state index in [9.17, 15) is 0 Å². The summed E-state index contributed by atoms with van der Waals surface area (Å²) in [5.74, 6) is 0. The van der Waals surface area contributed by atoms with Gasteiger partial charge in [-0.25, -0.2) is 0 Å². The van der Waals surface area contributed by atoms with Gasteiger partial charge in [-0.2, -0.15) is 0 Å². The van der Waals surface area contributed by atoms with Gasteiger partial charge in [0.05, 0.1) is 6.10 Å². The molecule has 1 unspecified atom stereocenters. The van der Waals surface area contributed by atoms with Crippen LogP contribution in [0.2, 0.25) is 18.1 Å². The van der Waals surface area contributed by atoms with Crippen LogP contribution in [0.25, 0.3) is 0 Å². The highest BCUT2D eigenvalue weighted by atomic mass is 28.4. The fourth-order valence-corrected chi connectivity index (χ4v) is 3.55. The minimum atomic E-state index is -1.85. The molecule has 1 atom stereocenters. The van der Waals surface area contributed by atoms with Gasteiger partial charge in [0.15, 0.2) is 8.32 Å². The maximum atomic E-state index is 6.66. The van der Waals surface area contributed by atoms with Gasteiger partial charge < -0.3 is 9.74 Å². The van der Waals surface area contributed by atoms with Gasteiger partial charge >= 0.3 is 0 Å². The minimum Gasteiger partial charge on any atom is -0.409 e. The predicted octanol–water partition coefficient (Wildman–Crippen LogP) is 4.93. The summed E-state index contributed by atoms with van der Waals surface area (Å²) < 4.78 is 6.66. The average molecular weight is 343 g/mol. The minimum absolute atomic E-state index is 0.0308. The van der Waals surface area contributed by atoms with E-state index in [1.807, 2.05) is 24.5 Å². The first-order valence-electron chi connectivity index (χ1n) is 8.62. The molecule has 0 amide bonds. The number of benzene rings is 1. The molecule has 4 heteroatoms. The van der Waals surface area contributed by atoms with Crippen molar-refractivity contribution in [2.24, 2.45) is 0 Å². The quantitative estimate of drug-likeness (QED) is 0.724. The number of hydrogen-bond donors (Lipinski definition) is 1. The van der Waals surface area contributed by atoms with Gasteiger partial charge in [-0.1, -0.05) is 57.2 Å². The Labute approximate surface area is 147 Å². The zero-order valence-electron chi connectivity index (χ0n) is 15.5. The lowest BCUT2D eigenvalue weighted by Gasteiger charge is -2.39. The van der Waals surface area contributed by atoms with Crippen LogP contribution in [-0.2, 0) is 11.0 Å². The van der Waals surface area contributed by atoms with Crippen LogP contribution in [-0.4, -0.2) is 19.8 Å². The lowest BCUT2D eigenvalue weighted by Crippen LogP contribution is -2.43. The monoisotopic (exact) mass is 342 g/mol. The summed E-state index contributed by atoms with van der Waals surface area (Å²) in [5, 5.41) is 3.73. The number of hydrogen-bond acceptors (Lipinski definition) is 3. The van der Waals surface area contributed by atoms with Crippen LogP contribution in [0, 0.1) is 0 Å². The van der Waals surface area contributed by atoms with E-state index in [4.69, 9.17) is 4.43 Å². The molecular formula is C20H30N2OSi. The van der Waals surface area contributed by atoms with E-state index in [0.29, 0.717) is 0 Å². The van der Waals surface area contributed by atoms with E-state index >= 15 is 0 Å². The Morgan fingerprint density at radius 3 is 2.38 bits per heavy atom. The van der Waals surface area contributed by atoms with E-state index < -0.39 is 8.32 Å². The van der Waals surface area contributed by atoms with E-state index in [-0.39, 0.29) is 11.1 Å². The molecule has 0 aliphatic heterocycles. The van der Waals surface area contributed by atoms with Crippen LogP contribution < -0.4 is 5.32 Å². The zero-order chi connectivity index (χ0) is 17.6. The predicted molar refractivity (Wildman–Crippen MR) is 103 cm³/mol. The Morgan fingerprint density at radius 1 is 1.08 bits per heavy atom. The number of nitrogens with zero attached hydrogens (tertiary/aromatic N) is 1. The van der Waals surface area contributed by atoms with Crippen molar-refractivity contribution in [1.82, 2.24) is 10.3 Å². The first kappa shape index (κ1) is 18.8. The molecule has 130 valence electrons. The molecule has 1 aromatic heterocycles. The standard InChI is InChI=1S/C20H30N2OSi/c1-20(2,3)24(4,5)23-19(18-12-9-13-21-15-18)16-22-14-17-10-7-6-8-11-17/h6-13,15,19,22H,14,16H2,1-5H3. The molecule has 1 aromatic carbocycles. The highest BCUT2D eigenvalue weighted by Crippen LogP contribution is 2.39. The Morgan fingerprint density at radius 2 is 1.79 bits per heavy atom. The van der Waals surface area contributed by atoms with Crippen molar-refractivity contribution in [3.63, 3.8) is 0 Å². The van der Waals surface area contributed by atoms with Crippen LogP contribution >= 0.6 is 0 Å². The summed E-state index contributed by atoms with van der Waals surface area (Å²) in [7, 11) is -1.85. The Kier molecular flexibility index (Phi) is 6.32.